The van der Waals surface area contributed by atoms with E-state index in [0.29, 0.717) is 0 Å². The number of hydrogen-bond donors (Lipinski definition) is 1. The zero-order chi connectivity index (χ0) is 14.0. The van der Waals surface area contributed by atoms with Crippen molar-refractivity contribution in [1.29, 1.82) is 0 Å². The molecule has 2 aromatic rings. The summed E-state index contributed by atoms with van der Waals surface area (Å²) in [5.74, 6) is -2.18. The van der Waals surface area contributed by atoms with Crippen molar-refractivity contribution in [3.8, 4) is 5.82 Å². The van der Waals surface area contributed by atoms with E-state index < -0.39 is 11.9 Å². The van der Waals surface area contributed by atoms with Gasteiger partial charge in [-0.05, 0) is 12.1 Å². The van der Waals surface area contributed by atoms with Gasteiger partial charge in [-0.3, -0.25) is 0 Å². The lowest BCUT2D eigenvalue weighted by molar-refractivity contribution is 0.0586. The topological polar surface area (TPSA) is 107 Å². The van der Waals surface area contributed by atoms with Gasteiger partial charge < -0.3 is 9.84 Å². The molecule has 1 N–H and O–H groups in total. The number of rotatable bonds is 3. The van der Waals surface area contributed by atoms with Gasteiger partial charge in [0.2, 0.25) is 0 Å². The van der Waals surface area contributed by atoms with Crippen LogP contribution in [0.5, 0.6) is 0 Å². The molecular weight excluding hydrogens is 276 g/mol. The molecule has 0 saturated heterocycles. The second-order valence-electron chi connectivity index (χ2n) is 3.31. The first kappa shape index (κ1) is 13.0. The Morgan fingerprint density at radius 3 is 2.79 bits per heavy atom. The minimum Gasteiger partial charge on any atom is -0.478 e. The van der Waals surface area contributed by atoms with Crippen LogP contribution < -0.4 is 0 Å². The molecule has 9 heteroatoms. The molecule has 0 radical (unpaired) electrons. The van der Waals surface area contributed by atoms with Crippen molar-refractivity contribution in [3.63, 3.8) is 0 Å². The van der Waals surface area contributed by atoms with Gasteiger partial charge >= 0.3 is 11.9 Å². The summed E-state index contributed by atoms with van der Waals surface area (Å²) in [6.07, 6.45) is 1.15. The van der Waals surface area contributed by atoms with Crippen LogP contribution in [0.1, 0.15) is 21.0 Å². The average Bonchev–Trinajstić information content (AvgIpc) is 2.86. The molecule has 0 aliphatic heterocycles. The molecule has 0 aliphatic carbocycles. The number of esters is 1. The Morgan fingerprint density at radius 1 is 1.42 bits per heavy atom. The number of carbonyl (C=O) groups excluding carboxylic acids is 1. The third kappa shape index (κ3) is 2.52. The number of carboxylic acids is 1. The highest BCUT2D eigenvalue weighted by molar-refractivity contribution is 6.29. The number of methoxy groups -OCH3 is 1. The van der Waals surface area contributed by atoms with Crippen LogP contribution in [-0.4, -0.2) is 43.9 Å². The van der Waals surface area contributed by atoms with Gasteiger partial charge in [-0.15, -0.1) is 5.10 Å². The zero-order valence-electron chi connectivity index (χ0n) is 9.57. The van der Waals surface area contributed by atoms with Gasteiger partial charge in [-0.1, -0.05) is 11.6 Å². The summed E-state index contributed by atoms with van der Waals surface area (Å²) in [5.41, 5.74) is -0.120. The van der Waals surface area contributed by atoms with Crippen molar-refractivity contribution in [3.05, 3.63) is 35.0 Å². The number of carbonyl (C=O) groups is 2. The summed E-state index contributed by atoms with van der Waals surface area (Å²) in [7, 11) is 1.18. The molecule has 2 rings (SSSR count). The second kappa shape index (κ2) is 5.02. The van der Waals surface area contributed by atoms with Crippen LogP contribution in [0.25, 0.3) is 5.82 Å². The first-order valence-corrected chi connectivity index (χ1v) is 5.31. The smallest absolute Gasteiger partial charge is 0.377 e. The summed E-state index contributed by atoms with van der Waals surface area (Å²) in [5, 5.41) is 12.9. The van der Waals surface area contributed by atoms with Crippen LogP contribution in [0, 0.1) is 0 Å². The molecule has 0 unspecified atom stereocenters. The van der Waals surface area contributed by atoms with Crippen molar-refractivity contribution in [1.82, 2.24) is 19.7 Å². The van der Waals surface area contributed by atoms with E-state index in [2.05, 4.69) is 19.8 Å². The fraction of sp³-hybridized carbons (Fsp3) is 0.100. The van der Waals surface area contributed by atoms with Crippen LogP contribution in [0.15, 0.2) is 18.5 Å². The predicted octanol–water partition coefficient (Wildman–Crippen LogP) is 0.801. The fourth-order valence-electron chi connectivity index (χ4n) is 1.32. The molecule has 0 atom stereocenters. The van der Waals surface area contributed by atoms with Crippen LogP contribution in [0.4, 0.5) is 0 Å². The van der Waals surface area contributed by atoms with Crippen LogP contribution in [0.3, 0.4) is 0 Å². The van der Waals surface area contributed by atoms with Crippen LogP contribution >= 0.6 is 11.6 Å². The monoisotopic (exact) mass is 282 g/mol. The maximum absolute atomic E-state index is 11.2. The quantitative estimate of drug-likeness (QED) is 0.655. The average molecular weight is 283 g/mol. The number of nitrogens with zero attached hydrogens (tertiary/aromatic N) is 4. The highest BCUT2D eigenvalue weighted by Crippen LogP contribution is 2.15. The lowest BCUT2D eigenvalue weighted by Crippen LogP contribution is -2.10. The lowest BCUT2D eigenvalue weighted by Gasteiger charge is -2.04. The van der Waals surface area contributed by atoms with E-state index in [9.17, 15) is 9.59 Å². The number of pyridine rings is 1. The van der Waals surface area contributed by atoms with Crippen LogP contribution in [-0.2, 0) is 4.74 Å². The van der Waals surface area contributed by atoms with Crippen LogP contribution in [0.2, 0.25) is 5.15 Å². The molecule has 19 heavy (non-hydrogen) atoms. The molecule has 8 nitrogen and oxygen atoms in total. The number of carboxylic acid groups (broad SMARTS) is 1. The number of hydrogen-bond acceptors (Lipinski definition) is 6. The Morgan fingerprint density at radius 2 is 2.16 bits per heavy atom. The van der Waals surface area contributed by atoms with E-state index in [1.54, 1.807) is 0 Å². The standard InChI is InChI=1S/C10H7ClN4O4/c1-19-10(18)7-12-4-15(14-7)8-5(9(16)17)2-3-6(11)13-8/h2-4H,1H3,(H,16,17). The van der Waals surface area contributed by atoms with Crippen molar-refractivity contribution >= 4 is 23.5 Å². The number of ether oxygens (including phenoxy) is 1. The first-order chi connectivity index (χ1) is 9.02. The minimum atomic E-state index is -1.20. The third-order valence-electron chi connectivity index (χ3n) is 2.15. The SMILES string of the molecule is COC(=O)c1ncn(-c2nc(Cl)ccc2C(=O)O)n1. The molecule has 98 valence electrons. The molecule has 0 aliphatic rings. The Labute approximate surface area is 111 Å². The third-order valence-corrected chi connectivity index (χ3v) is 2.36. The van der Waals surface area contributed by atoms with Gasteiger partial charge in [-0.2, -0.15) is 0 Å². The van der Waals surface area contributed by atoms with E-state index in [-0.39, 0.29) is 22.4 Å². The molecule has 0 amide bonds. The zero-order valence-corrected chi connectivity index (χ0v) is 10.3. The molecule has 0 fully saturated rings. The predicted molar refractivity (Wildman–Crippen MR) is 62.5 cm³/mol. The van der Waals surface area contributed by atoms with Gasteiger partial charge in [0.25, 0.3) is 5.82 Å². The van der Waals surface area contributed by atoms with E-state index >= 15 is 0 Å². The second-order valence-corrected chi connectivity index (χ2v) is 3.70. The van der Waals surface area contributed by atoms with E-state index in [1.807, 2.05) is 0 Å². The highest BCUT2D eigenvalue weighted by Gasteiger charge is 2.18. The number of aromatic carboxylic acids is 1. The molecule has 2 heterocycles. The Kier molecular flexibility index (Phi) is 3.43. The van der Waals surface area contributed by atoms with E-state index in [0.717, 1.165) is 11.0 Å². The molecule has 0 bridgehead atoms. The fourth-order valence-corrected chi connectivity index (χ4v) is 1.46. The van der Waals surface area contributed by atoms with Crippen molar-refractivity contribution < 1.29 is 19.4 Å². The Bertz CT molecular complexity index is 655. The summed E-state index contributed by atoms with van der Waals surface area (Å²) in [6.45, 7) is 0. The van der Waals surface area contributed by atoms with E-state index in [1.165, 1.54) is 19.2 Å². The minimum absolute atomic E-state index is 0.0392. The van der Waals surface area contributed by atoms with Crippen molar-refractivity contribution in [2.45, 2.75) is 0 Å². The van der Waals surface area contributed by atoms with E-state index in [4.69, 9.17) is 16.7 Å². The van der Waals surface area contributed by atoms with Gasteiger partial charge in [0.1, 0.15) is 17.0 Å². The number of halogens is 1. The molecule has 0 aromatic carbocycles. The Hall–Kier alpha value is -2.48. The maximum atomic E-state index is 11.2. The van der Waals surface area contributed by atoms with Gasteiger partial charge in [0.05, 0.1) is 7.11 Å². The highest BCUT2D eigenvalue weighted by atomic mass is 35.5. The molecule has 2 aromatic heterocycles. The summed E-state index contributed by atoms with van der Waals surface area (Å²) >= 11 is 5.71. The van der Waals surface area contributed by atoms with Crippen molar-refractivity contribution in [2.24, 2.45) is 0 Å². The maximum Gasteiger partial charge on any atom is 0.377 e. The molecular formula is C10H7ClN4O4. The van der Waals surface area contributed by atoms with Gasteiger partial charge in [0.15, 0.2) is 5.82 Å². The summed E-state index contributed by atoms with van der Waals surface area (Å²) in [4.78, 5) is 29.8. The summed E-state index contributed by atoms with van der Waals surface area (Å²) < 4.78 is 5.49. The van der Waals surface area contributed by atoms with Gasteiger partial charge in [-0.25, -0.2) is 24.2 Å². The van der Waals surface area contributed by atoms with Crippen molar-refractivity contribution in [2.75, 3.05) is 7.11 Å². The largest absolute Gasteiger partial charge is 0.478 e. The molecule has 0 saturated carbocycles. The molecule has 0 spiro atoms. The lowest BCUT2D eigenvalue weighted by atomic mass is 10.2. The normalized spacial score (nSPS) is 10.2. The number of aromatic nitrogens is 4. The van der Waals surface area contributed by atoms with Gasteiger partial charge in [0, 0.05) is 0 Å². The Balaban J connectivity index is 2.52. The summed E-state index contributed by atoms with van der Waals surface area (Å²) in [6, 6.07) is 2.62. The first-order valence-electron chi connectivity index (χ1n) is 4.93.